The van der Waals surface area contributed by atoms with Gasteiger partial charge in [-0.1, -0.05) is 16.8 Å². The van der Waals surface area contributed by atoms with Crippen molar-refractivity contribution in [1.82, 2.24) is 20.4 Å². The second-order valence-corrected chi connectivity index (χ2v) is 9.16. The van der Waals surface area contributed by atoms with Crippen molar-refractivity contribution in [1.29, 1.82) is 0 Å². The molecule has 0 aliphatic carbocycles. The summed E-state index contributed by atoms with van der Waals surface area (Å²) in [6.45, 7) is 8.40. The molecule has 0 saturated carbocycles. The number of aryl methyl sites for hydroxylation is 2. The first kappa shape index (κ1) is 24.4. The molecule has 1 atom stereocenters. The molecule has 1 aliphatic heterocycles. The number of likely N-dealkylation sites (N-methyl/N-ethyl adjacent to an activating group) is 1. The molecule has 2 N–H and O–H groups in total. The highest BCUT2D eigenvalue weighted by molar-refractivity contribution is 6.33. The van der Waals surface area contributed by atoms with Gasteiger partial charge in [0.1, 0.15) is 30.0 Å². The summed E-state index contributed by atoms with van der Waals surface area (Å²) in [5.74, 6) is 2.74. The Balaban J connectivity index is 1.80. The van der Waals surface area contributed by atoms with E-state index in [0.717, 1.165) is 60.0 Å². The van der Waals surface area contributed by atoms with Crippen molar-refractivity contribution in [3.8, 4) is 28.4 Å². The number of aromatic nitrogens is 3. The van der Waals surface area contributed by atoms with E-state index in [9.17, 15) is 5.11 Å². The van der Waals surface area contributed by atoms with Gasteiger partial charge in [0.25, 0.3) is 0 Å². The van der Waals surface area contributed by atoms with E-state index in [1.165, 1.54) is 6.42 Å². The highest BCUT2D eigenvalue weighted by Gasteiger charge is 2.24. The molecule has 34 heavy (non-hydrogen) atoms. The fourth-order valence-electron chi connectivity index (χ4n) is 4.36. The van der Waals surface area contributed by atoms with E-state index < -0.39 is 6.10 Å². The molecule has 4 rings (SSSR count). The molecule has 0 spiro atoms. The van der Waals surface area contributed by atoms with Gasteiger partial charge in [-0.25, -0.2) is 9.97 Å². The molecule has 9 heteroatoms. The van der Waals surface area contributed by atoms with Crippen LogP contribution in [0, 0.1) is 20.8 Å². The second-order valence-electron chi connectivity index (χ2n) is 8.76. The Labute approximate surface area is 205 Å². The van der Waals surface area contributed by atoms with Crippen LogP contribution in [0.25, 0.3) is 22.6 Å². The summed E-state index contributed by atoms with van der Waals surface area (Å²) in [5, 5.41) is 17.6. The maximum absolute atomic E-state index is 10.00. The number of anilines is 1. The third-order valence-electron chi connectivity index (χ3n) is 6.11. The molecule has 0 radical (unpaired) electrons. The van der Waals surface area contributed by atoms with E-state index in [-0.39, 0.29) is 6.61 Å². The molecule has 0 bridgehead atoms. The van der Waals surface area contributed by atoms with Gasteiger partial charge in [0.05, 0.1) is 22.0 Å². The number of rotatable bonds is 8. The summed E-state index contributed by atoms with van der Waals surface area (Å²) in [6, 6.07) is 5.39. The smallest absolute Gasteiger partial charge is 0.163 e. The van der Waals surface area contributed by atoms with Gasteiger partial charge in [0, 0.05) is 30.8 Å². The third kappa shape index (κ3) is 5.19. The number of nitrogens with zero attached hydrogens (tertiary/aromatic N) is 4. The average molecular weight is 486 g/mol. The summed E-state index contributed by atoms with van der Waals surface area (Å²) in [7, 11) is 1.79. The number of aliphatic hydroxyl groups is 1. The van der Waals surface area contributed by atoms with Crippen LogP contribution in [-0.2, 0) is 0 Å². The lowest BCUT2D eigenvalue weighted by atomic mass is 10.0. The fraction of sp³-hybridized carbons (Fsp3) is 0.480. The monoisotopic (exact) mass is 485 g/mol. The maximum atomic E-state index is 10.00. The number of ether oxygens (including phenoxy) is 1. The largest absolute Gasteiger partial charge is 0.491 e. The molecular weight excluding hydrogens is 454 g/mol. The van der Waals surface area contributed by atoms with Crippen LogP contribution >= 0.6 is 11.6 Å². The zero-order valence-corrected chi connectivity index (χ0v) is 20.9. The number of piperidine rings is 1. The van der Waals surface area contributed by atoms with Crippen molar-refractivity contribution >= 4 is 17.4 Å². The van der Waals surface area contributed by atoms with E-state index in [1.54, 1.807) is 19.2 Å². The van der Waals surface area contributed by atoms with E-state index in [2.05, 4.69) is 22.3 Å². The van der Waals surface area contributed by atoms with Crippen molar-refractivity contribution in [3.05, 3.63) is 40.2 Å². The summed E-state index contributed by atoms with van der Waals surface area (Å²) >= 11 is 6.62. The molecule has 3 aromatic rings. The van der Waals surface area contributed by atoms with Crippen LogP contribution in [0.5, 0.6) is 5.75 Å². The predicted molar refractivity (Wildman–Crippen MR) is 134 cm³/mol. The van der Waals surface area contributed by atoms with Crippen LogP contribution in [0.3, 0.4) is 0 Å². The molecule has 1 aliphatic rings. The fourth-order valence-corrected chi connectivity index (χ4v) is 4.56. The Hall–Kier alpha value is -2.68. The van der Waals surface area contributed by atoms with E-state index in [1.807, 2.05) is 19.9 Å². The van der Waals surface area contributed by atoms with E-state index >= 15 is 0 Å². The number of benzene rings is 1. The van der Waals surface area contributed by atoms with Crippen LogP contribution in [0.1, 0.15) is 36.3 Å². The summed E-state index contributed by atoms with van der Waals surface area (Å²) in [6.07, 6.45) is 2.89. The number of aliphatic hydroxyl groups excluding tert-OH is 1. The number of halogens is 1. The Morgan fingerprint density at radius 3 is 2.62 bits per heavy atom. The Kier molecular flexibility index (Phi) is 7.70. The Bertz CT molecular complexity index is 1120. The Morgan fingerprint density at radius 1 is 1.18 bits per heavy atom. The molecule has 3 heterocycles. The van der Waals surface area contributed by atoms with Crippen LogP contribution < -0.4 is 15.0 Å². The van der Waals surface area contributed by atoms with Gasteiger partial charge in [-0.05, 0) is 65.3 Å². The lowest BCUT2D eigenvalue weighted by molar-refractivity contribution is 0.108. The number of nitrogens with one attached hydrogen (secondary N) is 1. The van der Waals surface area contributed by atoms with Gasteiger partial charge < -0.3 is 24.6 Å². The quantitative estimate of drug-likeness (QED) is 0.486. The molecule has 182 valence electrons. The van der Waals surface area contributed by atoms with Crippen molar-refractivity contribution in [2.75, 3.05) is 38.2 Å². The second kappa shape index (κ2) is 10.7. The number of hydrogen-bond donors (Lipinski definition) is 2. The first-order chi connectivity index (χ1) is 16.4. The third-order valence-corrected chi connectivity index (χ3v) is 6.44. The molecule has 0 unspecified atom stereocenters. The lowest BCUT2D eigenvalue weighted by Gasteiger charge is -2.30. The average Bonchev–Trinajstić information content (AvgIpc) is 3.17. The number of hydrogen-bond acceptors (Lipinski definition) is 8. The van der Waals surface area contributed by atoms with Crippen LogP contribution in [0.4, 0.5) is 5.82 Å². The normalized spacial score (nSPS) is 14.9. The first-order valence-electron chi connectivity index (χ1n) is 11.7. The van der Waals surface area contributed by atoms with Gasteiger partial charge in [0.15, 0.2) is 5.82 Å². The molecule has 8 nitrogen and oxygen atoms in total. The van der Waals surface area contributed by atoms with Crippen molar-refractivity contribution in [2.24, 2.45) is 0 Å². The predicted octanol–water partition coefficient (Wildman–Crippen LogP) is 4.33. The summed E-state index contributed by atoms with van der Waals surface area (Å²) < 4.78 is 11.3. The molecule has 2 aromatic heterocycles. The van der Waals surface area contributed by atoms with Gasteiger partial charge >= 0.3 is 0 Å². The molecule has 1 aromatic carbocycles. The van der Waals surface area contributed by atoms with Gasteiger partial charge in [-0.15, -0.1) is 0 Å². The minimum atomic E-state index is -0.614. The first-order valence-corrected chi connectivity index (χ1v) is 12.1. The van der Waals surface area contributed by atoms with Gasteiger partial charge in [-0.3, -0.25) is 0 Å². The standard InChI is InChI=1S/C25H32ClN5O3/c1-15-23(22-16(2)30-34-17(22)3)28-24(29-25(15)31-10-6-5-7-11-31)20-12-19(8-9-21(20)26)33-14-18(32)13-27-4/h8-9,12,18,27,32H,5-7,10-11,13-14H2,1-4H3/t18-/m1/s1. The van der Waals surface area contributed by atoms with Crippen molar-refractivity contribution in [3.63, 3.8) is 0 Å². The molecule has 1 fully saturated rings. The topological polar surface area (TPSA) is 96.5 Å². The SMILES string of the molecule is CNC[C@@H](O)COc1ccc(Cl)c(-c2nc(-c3c(C)noc3C)c(C)c(N3CCCCC3)n2)c1. The van der Waals surface area contributed by atoms with Gasteiger partial charge in [-0.2, -0.15) is 0 Å². The minimum absolute atomic E-state index is 0.167. The summed E-state index contributed by atoms with van der Waals surface area (Å²) in [4.78, 5) is 12.3. The molecule has 1 saturated heterocycles. The zero-order chi connectivity index (χ0) is 24.2. The highest BCUT2D eigenvalue weighted by atomic mass is 35.5. The summed E-state index contributed by atoms with van der Waals surface area (Å²) in [5.41, 5.74) is 4.15. The molecule has 0 amide bonds. The van der Waals surface area contributed by atoms with Crippen LogP contribution in [0.2, 0.25) is 5.02 Å². The van der Waals surface area contributed by atoms with Crippen molar-refractivity contribution in [2.45, 2.75) is 46.1 Å². The van der Waals surface area contributed by atoms with Gasteiger partial charge in [0.2, 0.25) is 0 Å². The maximum Gasteiger partial charge on any atom is 0.163 e. The minimum Gasteiger partial charge on any atom is -0.491 e. The van der Waals surface area contributed by atoms with Crippen LogP contribution in [0.15, 0.2) is 22.7 Å². The van der Waals surface area contributed by atoms with Crippen molar-refractivity contribution < 1.29 is 14.4 Å². The molecular formula is C25H32ClN5O3. The lowest BCUT2D eigenvalue weighted by Crippen LogP contribution is -2.31. The van der Waals surface area contributed by atoms with E-state index in [0.29, 0.717) is 28.7 Å². The Morgan fingerprint density at radius 2 is 1.94 bits per heavy atom. The highest BCUT2D eigenvalue weighted by Crippen LogP contribution is 2.37. The van der Waals surface area contributed by atoms with Crippen LogP contribution in [-0.4, -0.2) is 59.6 Å². The van der Waals surface area contributed by atoms with E-state index in [4.69, 9.17) is 30.8 Å². The zero-order valence-electron chi connectivity index (χ0n) is 20.2.